The summed E-state index contributed by atoms with van der Waals surface area (Å²) in [6.07, 6.45) is 1.99. The van der Waals surface area contributed by atoms with Gasteiger partial charge in [0.2, 0.25) is 0 Å². The lowest BCUT2D eigenvalue weighted by Crippen LogP contribution is -1.90. The molecular weight excluding hydrogens is 258 g/mol. The van der Waals surface area contributed by atoms with Gasteiger partial charge in [-0.25, -0.2) is 4.98 Å². The van der Waals surface area contributed by atoms with Gasteiger partial charge in [-0.15, -0.1) is 11.3 Å². The summed E-state index contributed by atoms with van der Waals surface area (Å²) in [5.74, 6) is 0.889. The first-order valence-electron chi connectivity index (χ1n) is 6.19. The number of anilines is 1. The molecular formula is C14H15N3OS. The minimum absolute atomic E-state index is 0.672. The van der Waals surface area contributed by atoms with Gasteiger partial charge in [-0.1, -0.05) is 0 Å². The quantitative estimate of drug-likeness (QED) is 0.761. The van der Waals surface area contributed by atoms with E-state index in [9.17, 15) is 0 Å². The van der Waals surface area contributed by atoms with E-state index in [1.165, 1.54) is 0 Å². The molecule has 0 spiro atoms. The third-order valence-corrected chi connectivity index (χ3v) is 3.82. The maximum absolute atomic E-state index is 5.56. The van der Waals surface area contributed by atoms with Crippen LogP contribution in [0.25, 0.3) is 22.2 Å². The van der Waals surface area contributed by atoms with Gasteiger partial charge in [-0.2, -0.15) is 0 Å². The first kappa shape index (κ1) is 12.0. The second-order valence-electron chi connectivity index (χ2n) is 4.13. The number of thiazole rings is 1. The lowest BCUT2D eigenvalue weighted by Gasteiger charge is -2.03. The molecule has 0 unspecified atom stereocenters. The fourth-order valence-electron chi connectivity index (χ4n) is 2.08. The van der Waals surface area contributed by atoms with Crippen molar-refractivity contribution in [1.29, 1.82) is 0 Å². The highest BCUT2D eigenvalue weighted by atomic mass is 32.1. The molecule has 0 aliphatic heterocycles. The third kappa shape index (κ3) is 2.17. The van der Waals surface area contributed by atoms with E-state index in [2.05, 4.69) is 26.7 Å². The summed E-state index contributed by atoms with van der Waals surface area (Å²) < 4.78 is 5.56. The van der Waals surface area contributed by atoms with Gasteiger partial charge in [0.15, 0.2) is 5.13 Å². The minimum atomic E-state index is 0.672. The van der Waals surface area contributed by atoms with Crippen LogP contribution >= 0.6 is 11.3 Å². The molecule has 0 saturated carbocycles. The predicted octanol–water partition coefficient (Wildman–Crippen LogP) is 3.73. The first-order valence-corrected chi connectivity index (χ1v) is 7.07. The number of ether oxygens (including phenoxy) is 1. The predicted molar refractivity (Wildman–Crippen MR) is 80.1 cm³/mol. The second-order valence-corrected chi connectivity index (χ2v) is 4.99. The maximum atomic E-state index is 5.56. The Morgan fingerprint density at radius 1 is 1.42 bits per heavy atom. The molecule has 0 fully saturated rings. The molecule has 3 rings (SSSR count). The summed E-state index contributed by atoms with van der Waals surface area (Å²) in [6.45, 7) is 2.66. The Balaban J connectivity index is 2.09. The maximum Gasteiger partial charge on any atom is 0.182 e. The molecule has 4 nitrogen and oxygen atoms in total. The summed E-state index contributed by atoms with van der Waals surface area (Å²) in [5.41, 5.74) is 3.18. The molecule has 0 bridgehead atoms. The first-order chi connectivity index (χ1) is 9.31. The summed E-state index contributed by atoms with van der Waals surface area (Å²) in [6, 6.07) is 6.07. The molecule has 98 valence electrons. The molecule has 3 aromatic rings. The summed E-state index contributed by atoms with van der Waals surface area (Å²) in [7, 11) is 1.88. The van der Waals surface area contributed by atoms with Gasteiger partial charge >= 0.3 is 0 Å². The molecule has 2 heterocycles. The molecule has 0 amide bonds. The van der Waals surface area contributed by atoms with Crippen molar-refractivity contribution in [2.24, 2.45) is 0 Å². The van der Waals surface area contributed by atoms with Crippen LogP contribution in [0.15, 0.2) is 29.8 Å². The topological polar surface area (TPSA) is 49.9 Å². The van der Waals surface area contributed by atoms with E-state index in [0.29, 0.717) is 6.61 Å². The molecule has 19 heavy (non-hydrogen) atoms. The Labute approximate surface area is 115 Å². The van der Waals surface area contributed by atoms with Crippen LogP contribution in [0.4, 0.5) is 5.13 Å². The average molecular weight is 273 g/mol. The Hall–Kier alpha value is -2.01. The van der Waals surface area contributed by atoms with Crippen molar-refractivity contribution in [2.75, 3.05) is 19.0 Å². The van der Waals surface area contributed by atoms with Gasteiger partial charge in [0.25, 0.3) is 0 Å². The van der Waals surface area contributed by atoms with E-state index in [1.54, 1.807) is 11.3 Å². The highest BCUT2D eigenvalue weighted by Crippen LogP contribution is 2.32. The van der Waals surface area contributed by atoms with E-state index >= 15 is 0 Å². The second kappa shape index (κ2) is 4.93. The molecule has 0 aliphatic carbocycles. The van der Waals surface area contributed by atoms with E-state index in [1.807, 2.05) is 32.3 Å². The fraction of sp³-hybridized carbons (Fsp3) is 0.214. The number of benzene rings is 1. The van der Waals surface area contributed by atoms with Gasteiger partial charge in [0, 0.05) is 35.1 Å². The van der Waals surface area contributed by atoms with E-state index in [0.717, 1.165) is 33.0 Å². The summed E-state index contributed by atoms with van der Waals surface area (Å²) >= 11 is 1.60. The number of aromatic nitrogens is 2. The van der Waals surface area contributed by atoms with Crippen LogP contribution in [0.3, 0.4) is 0 Å². The van der Waals surface area contributed by atoms with Crippen LogP contribution in [0.5, 0.6) is 5.75 Å². The number of nitrogens with one attached hydrogen (secondary N) is 2. The Kier molecular flexibility index (Phi) is 3.13. The molecule has 2 aromatic heterocycles. The van der Waals surface area contributed by atoms with Crippen molar-refractivity contribution in [3.05, 3.63) is 29.8 Å². The lowest BCUT2D eigenvalue weighted by molar-refractivity contribution is 0.341. The number of hydrogen-bond acceptors (Lipinski definition) is 4. The van der Waals surface area contributed by atoms with Crippen LogP contribution in [0, 0.1) is 0 Å². The zero-order chi connectivity index (χ0) is 13.2. The largest absolute Gasteiger partial charge is 0.494 e. The molecule has 1 aromatic carbocycles. The monoisotopic (exact) mass is 273 g/mol. The molecule has 5 heteroatoms. The van der Waals surface area contributed by atoms with Crippen molar-refractivity contribution < 1.29 is 4.74 Å². The van der Waals surface area contributed by atoms with E-state index < -0.39 is 0 Å². The van der Waals surface area contributed by atoms with Gasteiger partial charge < -0.3 is 15.0 Å². The Morgan fingerprint density at radius 3 is 3.05 bits per heavy atom. The van der Waals surface area contributed by atoms with E-state index in [4.69, 9.17) is 4.74 Å². The number of hydrogen-bond donors (Lipinski definition) is 2. The van der Waals surface area contributed by atoms with E-state index in [-0.39, 0.29) is 0 Å². The number of fused-ring (bicyclic) bond motifs is 1. The lowest BCUT2D eigenvalue weighted by atomic mass is 10.1. The van der Waals surface area contributed by atoms with Crippen molar-refractivity contribution in [1.82, 2.24) is 9.97 Å². The average Bonchev–Trinajstić information content (AvgIpc) is 3.04. The van der Waals surface area contributed by atoms with Gasteiger partial charge in [0.05, 0.1) is 12.3 Å². The highest BCUT2D eigenvalue weighted by molar-refractivity contribution is 7.14. The number of H-pyrrole nitrogens is 1. The molecule has 2 N–H and O–H groups in total. The summed E-state index contributed by atoms with van der Waals surface area (Å²) in [5, 5.41) is 7.18. The van der Waals surface area contributed by atoms with Crippen molar-refractivity contribution in [2.45, 2.75) is 6.92 Å². The minimum Gasteiger partial charge on any atom is -0.494 e. The smallest absolute Gasteiger partial charge is 0.182 e. The van der Waals surface area contributed by atoms with Crippen LogP contribution in [-0.2, 0) is 0 Å². The van der Waals surface area contributed by atoms with Crippen molar-refractivity contribution in [3.63, 3.8) is 0 Å². The van der Waals surface area contributed by atoms with Crippen LogP contribution in [0.2, 0.25) is 0 Å². The van der Waals surface area contributed by atoms with Crippen LogP contribution < -0.4 is 10.1 Å². The highest BCUT2D eigenvalue weighted by Gasteiger charge is 2.10. The molecule has 0 saturated heterocycles. The van der Waals surface area contributed by atoms with Crippen LogP contribution in [-0.4, -0.2) is 23.6 Å². The standard InChI is InChI=1S/C14H15N3OS/c1-3-18-9-4-5-12-10(6-9)11(7-16-12)13-8-19-14(15-2)17-13/h4-8,16H,3H2,1-2H3,(H,15,17). The third-order valence-electron chi connectivity index (χ3n) is 2.96. The summed E-state index contributed by atoms with van der Waals surface area (Å²) in [4.78, 5) is 7.82. The zero-order valence-corrected chi connectivity index (χ0v) is 11.7. The normalized spacial score (nSPS) is 10.8. The molecule has 0 aliphatic rings. The number of aromatic amines is 1. The van der Waals surface area contributed by atoms with Crippen molar-refractivity contribution in [3.8, 4) is 17.0 Å². The SMILES string of the molecule is CCOc1ccc2[nH]cc(-c3csc(NC)n3)c2c1. The fourth-order valence-corrected chi connectivity index (χ4v) is 2.75. The van der Waals surface area contributed by atoms with Crippen LogP contribution in [0.1, 0.15) is 6.92 Å². The number of rotatable bonds is 4. The van der Waals surface area contributed by atoms with Gasteiger partial charge in [-0.3, -0.25) is 0 Å². The Morgan fingerprint density at radius 2 is 2.32 bits per heavy atom. The van der Waals surface area contributed by atoms with Gasteiger partial charge in [0.1, 0.15) is 5.75 Å². The molecule has 0 atom stereocenters. The van der Waals surface area contributed by atoms with Crippen molar-refractivity contribution >= 4 is 27.4 Å². The zero-order valence-electron chi connectivity index (χ0n) is 10.9. The van der Waals surface area contributed by atoms with Gasteiger partial charge in [-0.05, 0) is 25.1 Å². The number of nitrogens with zero attached hydrogens (tertiary/aromatic N) is 1. The Bertz CT molecular complexity index is 702. The molecule has 0 radical (unpaired) electrons.